The molecule has 0 aromatic rings. The van der Waals surface area contributed by atoms with E-state index in [0.717, 1.165) is 29.7 Å². The number of hydrogen-bond acceptors (Lipinski definition) is 2. The van der Waals surface area contributed by atoms with Gasteiger partial charge in [-0.3, -0.25) is 0 Å². The molecule has 2 nitrogen and oxygen atoms in total. The first-order valence-electron chi connectivity index (χ1n) is 12.2. The van der Waals surface area contributed by atoms with Gasteiger partial charge in [-0.2, -0.15) is 0 Å². The highest BCUT2D eigenvalue weighted by Crippen LogP contribution is 2.60. The predicted octanol–water partition coefficient (Wildman–Crippen LogP) is 6.54. The zero-order valence-corrected chi connectivity index (χ0v) is 19.5. The first kappa shape index (κ1) is 23.7. The number of hydrogen-bond donors (Lipinski definition) is 2. The van der Waals surface area contributed by atoms with Crippen LogP contribution in [-0.4, -0.2) is 28.6 Å². The summed E-state index contributed by atoms with van der Waals surface area (Å²) in [4.78, 5) is 0. The molecule has 3 saturated carbocycles. The third-order valence-corrected chi connectivity index (χ3v) is 8.53. The van der Waals surface area contributed by atoms with Crippen LogP contribution in [0, 0.1) is 29.1 Å². The molecule has 3 aliphatic rings. The maximum atomic E-state index is 13.9. The number of allylic oxidation sites excluding steroid dienone is 3. The van der Waals surface area contributed by atoms with Crippen molar-refractivity contribution in [3.63, 3.8) is 0 Å². The molecule has 3 fully saturated rings. The lowest BCUT2D eigenvalue weighted by atomic mass is 9.60. The topological polar surface area (TPSA) is 40.5 Å². The molecule has 0 aromatic heterocycles. The van der Waals surface area contributed by atoms with Crippen molar-refractivity contribution in [2.75, 3.05) is 0 Å². The number of rotatable bonds is 6. The van der Waals surface area contributed by atoms with Gasteiger partial charge in [-0.05, 0) is 72.3 Å². The Morgan fingerprint density at radius 1 is 1.17 bits per heavy atom. The van der Waals surface area contributed by atoms with Crippen LogP contribution in [0.4, 0.5) is 4.39 Å². The van der Waals surface area contributed by atoms with Crippen molar-refractivity contribution in [1.29, 1.82) is 0 Å². The third-order valence-electron chi connectivity index (χ3n) is 8.53. The fourth-order valence-electron chi connectivity index (χ4n) is 6.71. The summed E-state index contributed by atoms with van der Waals surface area (Å²) in [6.07, 6.45) is 10.7. The van der Waals surface area contributed by atoms with E-state index in [0.29, 0.717) is 16.9 Å². The second-order valence-corrected chi connectivity index (χ2v) is 11.0. The minimum atomic E-state index is -1.63. The summed E-state index contributed by atoms with van der Waals surface area (Å²) in [6, 6.07) is 0. The molecule has 0 unspecified atom stereocenters. The molecule has 3 rings (SSSR count). The van der Waals surface area contributed by atoms with Gasteiger partial charge < -0.3 is 10.2 Å². The van der Waals surface area contributed by atoms with Crippen molar-refractivity contribution in [2.24, 2.45) is 29.1 Å². The van der Waals surface area contributed by atoms with Gasteiger partial charge >= 0.3 is 0 Å². The lowest BCUT2D eigenvalue weighted by molar-refractivity contribution is -0.00417. The molecule has 0 aromatic carbocycles. The SMILES string of the molecule is C=C1/C(=C\C=C2/CCC[C@]3(C)[C@@H]([C@H](C)CCCC(C)C)CC[C@@H]23)C[C@@H](O)[C@@H](F)[C@@H]1O. The number of halogens is 1. The van der Waals surface area contributed by atoms with Crippen LogP contribution >= 0.6 is 0 Å². The molecule has 3 aliphatic carbocycles. The van der Waals surface area contributed by atoms with E-state index in [9.17, 15) is 14.6 Å². The molecule has 0 aliphatic heterocycles. The van der Waals surface area contributed by atoms with Gasteiger partial charge in [0.15, 0.2) is 6.17 Å². The standard InChI is InChI=1S/C27H43FO2/c1-17(2)8-6-9-18(3)22-13-14-23-20(10-7-15-27(22,23)5)11-12-21-16-24(29)25(28)26(30)19(21)4/h11-12,17-18,22-26,29-30H,4,6-10,13-16H2,1-3,5H3/b20-11+,21-12-/t18-,22-,23+,24-,25-,26-,27-/m1/s1. The lowest BCUT2D eigenvalue weighted by Gasteiger charge is -2.44. The Morgan fingerprint density at radius 3 is 2.60 bits per heavy atom. The van der Waals surface area contributed by atoms with Crippen molar-refractivity contribution >= 4 is 0 Å². The summed E-state index contributed by atoms with van der Waals surface area (Å²) in [5.41, 5.74) is 3.10. The van der Waals surface area contributed by atoms with Gasteiger partial charge in [-0.15, -0.1) is 0 Å². The third kappa shape index (κ3) is 4.78. The molecule has 0 radical (unpaired) electrons. The Bertz CT molecular complexity index is 678. The van der Waals surface area contributed by atoms with Crippen LogP contribution in [0.2, 0.25) is 0 Å². The molecular formula is C27H43FO2. The summed E-state index contributed by atoms with van der Waals surface area (Å²) >= 11 is 0. The quantitative estimate of drug-likeness (QED) is 0.514. The van der Waals surface area contributed by atoms with Crippen LogP contribution in [0.1, 0.15) is 85.5 Å². The Labute approximate surface area is 183 Å². The van der Waals surface area contributed by atoms with Crippen molar-refractivity contribution in [2.45, 2.75) is 104 Å². The number of fused-ring (bicyclic) bond motifs is 1. The molecule has 30 heavy (non-hydrogen) atoms. The lowest BCUT2D eigenvalue weighted by Crippen LogP contribution is -2.40. The molecule has 0 heterocycles. The summed E-state index contributed by atoms with van der Waals surface area (Å²) in [5, 5.41) is 19.9. The van der Waals surface area contributed by atoms with Gasteiger partial charge in [0.05, 0.1) is 6.10 Å². The predicted molar refractivity (Wildman–Crippen MR) is 123 cm³/mol. The van der Waals surface area contributed by atoms with E-state index in [2.05, 4.69) is 40.3 Å². The summed E-state index contributed by atoms with van der Waals surface area (Å²) < 4.78 is 13.9. The van der Waals surface area contributed by atoms with Crippen molar-refractivity contribution in [3.05, 3.63) is 35.5 Å². The van der Waals surface area contributed by atoms with Crippen LogP contribution in [0.25, 0.3) is 0 Å². The molecule has 0 bridgehead atoms. The average Bonchev–Trinajstić information content (AvgIpc) is 3.05. The second kappa shape index (κ2) is 9.69. The largest absolute Gasteiger partial charge is 0.390 e. The zero-order valence-electron chi connectivity index (χ0n) is 19.5. The molecular weight excluding hydrogens is 375 g/mol. The fourth-order valence-corrected chi connectivity index (χ4v) is 6.71. The number of aliphatic hydroxyl groups is 2. The minimum absolute atomic E-state index is 0.234. The van der Waals surface area contributed by atoms with Gasteiger partial charge in [-0.1, -0.05) is 71.3 Å². The normalized spacial score (nSPS) is 40.9. The van der Waals surface area contributed by atoms with Gasteiger partial charge in [0, 0.05) is 6.42 Å². The maximum absolute atomic E-state index is 13.9. The monoisotopic (exact) mass is 418 g/mol. The van der Waals surface area contributed by atoms with Gasteiger partial charge in [-0.25, -0.2) is 4.39 Å². The highest BCUT2D eigenvalue weighted by molar-refractivity contribution is 5.40. The van der Waals surface area contributed by atoms with Crippen LogP contribution in [-0.2, 0) is 0 Å². The van der Waals surface area contributed by atoms with Crippen LogP contribution in [0.5, 0.6) is 0 Å². The van der Waals surface area contributed by atoms with Gasteiger partial charge in [0.2, 0.25) is 0 Å². The number of alkyl halides is 1. The Hall–Kier alpha value is -0.930. The first-order chi connectivity index (χ1) is 14.1. The maximum Gasteiger partial charge on any atom is 0.156 e. The summed E-state index contributed by atoms with van der Waals surface area (Å²) in [5.74, 6) is 3.00. The van der Waals surface area contributed by atoms with Crippen LogP contribution in [0.3, 0.4) is 0 Å². The van der Waals surface area contributed by atoms with Crippen molar-refractivity contribution in [1.82, 2.24) is 0 Å². The number of aliphatic hydroxyl groups excluding tert-OH is 2. The van der Waals surface area contributed by atoms with E-state index in [1.165, 1.54) is 50.5 Å². The Kier molecular flexibility index (Phi) is 7.66. The fraction of sp³-hybridized carbons (Fsp3) is 0.778. The van der Waals surface area contributed by atoms with Crippen molar-refractivity contribution < 1.29 is 14.6 Å². The average molecular weight is 419 g/mol. The zero-order chi connectivity index (χ0) is 22.1. The van der Waals surface area contributed by atoms with E-state index < -0.39 is 18.4 Å². The Balaban J connectivity index is 1.72. The molecule has 7 atom stereocenters. The second-order valence-electron chi connectivity index (χ2n) is 11.0. The Morgan fingerprint density at radius 2 is 1.90 bits per heavy atom. The van der Waals surface area contributed by atoms with Crippen LogP contribution in [0.15, 0.2) is 35.5 Å². The molecule has 3 heteroatoms. The van der Waals surface area contributed by atoms with E-state index >= 15 is 0 Å². The van der Waals surface area contributed by atoms with E-state index in [4.69, 9.17) is 0 Å². The molecule has 2 N–H and O–H groups in total. The van der Waals surface area contributed by atoms with Gasteiger partial charge in [0.25, 0.3) is 0 Å². The minimum Gasteiger partial charge on any atom is -0.390 e. The van der Waals surface area contributed by atoms with E-state index in [-0.39, 0.29) is 6.42 Å². The van der Waals surface area contributed by atoms with Gasteiger partial charge in [0.1, 0.15) is 6.10 Å². The summed E-state index contributed by atoms with van der Waals surface area (Å²) in [7, 11) is 0. The highest BCUT2D eigenvalue weighted by atomic mass is 19.1. The smallest absolute Gasteiger partial charge is 0.156 e. The molecule has 0 amide bonds. The molecule has 0 spiro atoms. The van der Waals surface area contributed by atoms with E-state index in [1.54, 1.807) is 0 Å². The van der Waals surface area contributed by atoms with Crippen LogP contribution < -0.4 is 0 Å². The first-order valence-corrected chi connectivity index (χ1v) is 12.2. The summed E-state index contributed by atoms with van der Waals surface area (Å²) in [6.45, 7) is 13.5. The highest BCUT2D eigenvalue weighted by Gasteiger charge is 2.50. The van der Waals surface area contributed by atoms with E-state index in [1.807, 2.05) is 6.08 Å². The molecule has 0 saturated heterocycles. The molecule has 170 valence electrons. The van der Waals surface area contributed by atoms with Crippen molar-refractivity contribution in [3.8, 4) is 0 Å².